The zero-order valence-electron chi connectivity index (χ0n) is 10.2. The maximum absolute atomic E-state index is 11.7. The Morgan fingerprint density at radius 3 is 3.28 bits per heavy atom. The molecule has 0 radical (unpaired) electrons. The number of fused-ring (bicyclic) bond motifs is 1. The minimum atomic E-state index is -0.0775. The molecule has 0 spiro atoms. The lowest BCUT2D eigenvalue weighted by Crippen LogP contribution is -2.35. The van der Waals surface area contributed by atoms with E-state index < -0.39 is 0 Å². The lowest BCUT2D eigenvalue weighted by atomic mass is 9.74. The summed E-state index contributed by atoms with van der Waals surface area (Å²) in [6.07, 6.45) is 6.85. The van der Waals surface area contributed by atoms with Gasteiger partial charge in [0, 0.05) is 22.7 Å². The monoisotopic (exact) mass is 261 g/mol. The second-order valence-electron chi connectivity index (χ2n) is 4.84. The fraction of sp³-hybridized carbons (Fsp3) is 0.462. The van der Waals surface area contributed by atoms with Crippen molar-refractivity contribution in [2.45, 2.75) is 26.2 Å². The highest BCUT2D eigenvalue weighted by Gasteiger charge is 2.37. The Labute approximate surface area is 110 Å². The SMILES string of the molecule is Cc1csc(CC(=O)N/N=C2/C[C@H]3C=CC[C@@H]23)n1. The van der Waals surface area contributed by atoms with Crippen LogP contribution in [0.5, 0.6) is 0 Å². The van der Waals surface area contributed by atoms with E-state index in [1.54, 1.807) is 0 Å². The molecule has 94 valence electrons. The average molecular weight is 261 g/mol. The third-order valence-electron chi connectivity index (χ3n) is 3.47. The summed E-state index contributed by atoms with van der Waals surface area (Å²) in [5.74, 6) is 1.14. The second-order valence-corrected chi connectivity index (χ2v) is 5.78. The van der Waals surface area contributed by atoms with Crippen molar-refractivity contribution in [2.24, 2.45) is 16.9 Å². The normalized spacial score (nSPS) is 27.1. The van der Waals surface area contributed by atoms with E-state index in [4.69, 9.17) is 0 Å². The van der Waals surface area contributed by atoms with Crippen molar-refractivity contribution in [3.8, 4) is 0 Å². The zero-order valence-corrected chi connectivity index (χ0v) is 11.0. The number of allylic oxidation sites excluding steroid dienone is 2. The number of hydrogen-bond acceptors (Lipinski definition) is 4. The lowest BCUT2D eigenvalue weighted by Gasteiger charge is -2.31. The Balaban J connectivity index is 1.51. The minimum absolute atomic E-state index is 0.0775. The molecular formula is C13H15N3OS. The van der Waals surface area contributed by atoms with Gasteiger partial charge in [-0.2, -0.15) is 5.10 Å². The number of aryl methyl sites for hydroxylation is 1. The van der Waals surface area contributed by atoms with E-state index in [9.17, 15) is 4.79 Å². The van der Waals surface area contributed by atoms with Crippen LogP contribution < -0.4 is 5.43 Å². The van der Waals surface area contributed by atoms with Gasteiger partial charge in [0.15, 0.2) is 0 Å². The molecule has 0 aromatic carbocycles. The van der Waals surface area contributed by atoms with E-state index in [0.29, 0.717) is 18.3 Å². The molecule has 0 bridgehead atoms. The van der Waals surface area contributed by atoms with Crippen LogP contribution in [0.2, 0.25) is 0 Å². The summed E-state index contributed by atoms with van der Waals surface area (Å²) in [5, 5.41) is 7.03. The number of nitrogens with zero attached hydrogens (tertiary/aromatic N) is 2. The molecule has 0 saturated heterocycles. The van der Waals surface area contributed by atoms with Crippen LogP contribution in [0.1, 0.15) is 23.5 Å². The van der Waals surface area contributed by atoms with Gasteiger partial charge < -0.3 is 0 Å². The summed E-state index contributed by atoms with van der Waals surface area (Å²) in [4.78, 5) is 16.0. The first-order valence-electron chi connectivity index (χ1n) is 6.15. The van der Waals surface area contributed by atoms with Crippen molar-refractivity contribution in [1.82, 2.24) is 10.4 Å². The van der Waals surface area contributed by atoms with Crippen LogP contribution in [-0.4, -0.2) is 16.6 Å². The smallest absolute Gasteiger partial charge is 0.246 e. The molecule has 2 aliphatic rings. The molecule has 1 saturated carbocycles. The van der Waals surface area contributed by atoms with E-state index in [1.165, 1.54) is 11.3 Å². The molecule has 1 amide bonds. The van der Waals surface area contributed by atoms with Crippen molar-refractivity contribution < 1.29 is 4.79 Å². The largest absolute Gasteiger partial charge is 0.273 e. The Morgan fingerprint density at radius 2 is 2.56 bits per heavy atom. The molecular weight excluding hydrogens is 246 g/mol. The van der Waals surface area contributed by atoms with Crippen LogP contribution in [0.25, 0.3) is 0 Å². The molecule has 1 aromatic heterocycles. The Bertz CT molecular complexity index is 532. The van der Waals surface area contributed by atoms with E-state index in [2.05, 4.69) is 27.7 Å². The van der Waals surface area contributed by atoms with Crippen LogP contribution >= 0.6 is 11.3 Å². The molecule has 1 fully saturated rings. The average Bonchev–Trinajstić information content (AvgIpc) is 2.86. The number of hydrazone groups is 1. The number of aromatic nitrogens is 1. The highest BCUT2D eigenvalue weighted by atomic mass is 32.1. The number of rotatable bonds is 3. The summed E-state index contributed by atoms with van der Waals surface area (Å²) in [6, 6.07) is 0. The molecule has 5 heteroatoms. The number of carbonyl (C=O) groups excluding carboxylic acids is 1. The summed E-state index contributed by atoms with van der Waals surface area (Å²) in [7, 11) is 0. The first-order valence-corrected chi connectivity index (χ1v) is 7.03. The van der Waals surface area contributed by atoms with Gasteiger partial charge in [-0.3, -0.25) is 4.79 Å². The Morgan fingerprint density at radius 1 is 1.67 bits per heavy atom. The molecule has 18 heavy (non-hydrogen) atoms. The molecule has 1 N–H and O–H groups in total. The maximum Gasteiger partial charge on any atom is 0.246 e. The first kappa shape index (κ1) is 11.6. The van der Waals surface area contributed by atoms with Crippen molar-refractivity contribution in [1.29, 1.82) is 0 Å². The molecule has 2 atom stereocenters. The summed E-state index contributed by atoms with van der Waals surface area (Å²) in [5.41, 5.74) is 4.74. The molecule has 4 nitrogen and oxygen atoms in total. The van der Waals surface area contributed by atoms with Gasteiger partial charge >= 0.3 is 0 Å². The standard InChI is InChI=1S/C13H15N3OS/c1-8-7-18-13(14-8)6-12(17)16-15-11-5-9-3-2-4-10(9)11/h2-3,7,9-10H,4-6H2,1H3,(H,16,17)/b15-11-/t9-,10-/m1/s1. The van der Waals surface area contributed by atoms with Gasteiger partial charge in [-0.15, -0.1) is 11.3 Å². The van der Waals surface area contributed by atoms with Gasteiger partial charge in [-0.1, -0.05) is 12.2 Å². The van der Waals surface area contributed by atoms with Gasteiger partial charge in [0.25, 0.3) is 0 Å². The number of thiazole rings is 1. The van der Waals surface area contributed by atoms with Crippen LogP contribution in [-0.2, 0) is 11.2 Å². The predicted octanol–water partition coefficient (Wildman–Crippen LogP) is 2.06. The number of carbonyl (C=O) groups is 1. The van der Waals surface area contributed by atoms with Gasteiger partial charge in [-0.05, 0) is 25.7 Å². The fourth-order valence-corrected chi connectivity index (χ4v) is 3.23. The van der Waals surface area contributed by atoms with Gasteiger partial charge in [0.1, 0.15) is 5.01 Å². The summed E-state index contributed by atoms with van der Waals surface area (Å²) in [6.45, 7) is 1.93. The highest BCUT2D eigenvalue weighted by molar-refractivity contribution is 7.09. The van der Waals surface area contributed by atoms with Crippen LogP contribution in [0.4, 0.5) is 0 Å². The first-order chi connectivity index (χ1) is 8.72. The summed E-state index contributed by atoms with van der Waals surface area (Å²) < 4.78 is 0. The Kier molecular flexibility index (Phi) is 2.99. The van der Waals surface area contributed by atoms with Crippen molar-refractivity contribution in [2.75, 3.05) is 0 Å². The molecule has 0 unspecified atom stereocenters. The van der Waals surface area contributed by atoms with Crippen LogP contribution in [0.3, 0.4) is 0 Å². The third-order valence-corrected chi connectivity index (χ3v) is 4.43. The van der Waals surface area contributed by atoms with E-state index in [0.717, 1.165) is 29.3 Å². The highest BCUT2D eigenvalue weighted by Crippen LogP contribution is 2.39. The maximum atomic E-state index is 11.7. The molecule has 0 aliphatic heterocycles. The van der Waals surface area contributed by atoms with Crippen LogP contribution in [0.15, 0.2) is 22.6 Å². The summed E-state index contributed by atoms with van der Waals surface area (Å²) >= 11 is 1.52. The third kappa shape index (κ3) is 2.22. The van der Waals surface area contributed by atoms with Gasteiger partial charge in [0.05, 0.1) is 6.42 Å². The van der Waals surface area contributed by atoms with Gasteiger partial charge in [-0.25, -0.2) is 10.4 Å². The van der Waals surface area contributed by atoms with E-state index in [-0.39, 0.29) is 5.91 Å². The molecule has 1 heterocycles. The van der Waals surface area contributed by atoms with Gasteiger partial charge in [0.2, 0.25) is 5.91 Å². The second kappa shape index (κ2) is 4.65. The Hall–Kier alpha value is -1.49. The minimum Gasteiger partial charge on any atom is -0.273 e. The zero-order chi connectivity index (χ0) is 12.5. The topological polar surface area (TPSA) is 54.4 Å². The molecule has 1 aromatic rings. The lowest BCUT2D eigenvalue weighted by molar-refractivity contribution is -0.120. The predicted molar refractivity (Wildman–Crippen MR) is 71.5 cm³/mol. The van der Waals surface area contributed by atoms with E-state index >= 15 is 0 Å². The quantitative estimate of drug-likeness (QED) is 0.669. The van der Waals surface area contributed by atoms with Crippen molar-refractivity contribution >= 4 is 23.0 Å². The number of nitrogens with one attached hydrogen (secondary N) is 1. The van der Waals surface area contributed by atoms with Crippen molar-refractivity contribution in [3.05, 3.63) is 28.2 Å². The van der Waals surface area contributed by atoms with E-state index in [1.807, 2.05) is 12.3 Å². The molecule has 3 rings (SSSR count). The van der Waals surface area contributed by atoms with Crippen LogP contribution in [0, 0.1) is 18.8 Å². The van der Waals surface area contributed by atoms with Crippen molar-refractivity contribution in [3.63, 3.8) is 0 Å². The number of amides is 1. The molecule has 2 aliphatic carbocycles. The fourth-order valence-electron chi connectivity index (χ4n) is 2.46. The number of hydrogen-bond donors (Lipinski definition) is 1.